The molecule has 1 saturated carbocycles. The fourth-order valence-electron chi connectivity index (χ4n) is 4.61. The first kappa shape index (κ1) is 23.8. The van der Waals surface area contributed by atoms with Gasteiger partial charge in [0.25, 0.3) is 5.56 Å². The van der Waals surface area contributed by atoms with Gasteiger partial charge in [-0.2, -0.15) is 0 Å². The quantitative estimate of drug-likeness (QED) is 0.334. The number of halogens is 2. The van der Waals surface area contributed by atoms with E-state index in [1.165, 1.54) is 22.8 Å². The van der Waals surface area contributed by atoms with E-state index in [-0.39, 0.29) is 12.2 Å². The molecule has 1 aliphatic heterocycles. The number of ether oxygens (including phenoxy) is 1. The van der Waals surface area contributed by atoms with Crippen molar-refractivity contribution in [3.63, 3.8) is 0 Å². The maximum Gasteiger partial charge on any atom is 0.251 e. The molecule has 0 saturated heterocycles. The average Bonchev–Trinajstić information content (AvgIpc) is 3.60. The predicted octanol–water partition coefficient (Wildman–Crippen LogP) is 5.29. The van der Waals surface area contributed by atoms with E-state index in [1.807, 2.05) is 36.4 Å². The van der Waals surface area contributed by atoms with Gasteiger partial charge >= 0.3 is 0 Å². The lowest BCUT2D eigenvalue weighted by atomic mass is 9.96. The minimum Gasteiger partial charge on any atom is -0.474 e. The van der Waals surface area contributed by atoms with Gasteiger partial charge in [-0.1, -0.05) is 28.1 Å². The Morgan fingerprint density at radius 2 is 1.86 bits per heavy atom. The molecule has 0 radical (unpaired) electrons. The van der Waals surface area contributed by atoms with Crippen molar-refractivity contribution in [2.45, 2.75) is 31.5 Å². The van der Waals surface area contributed by atoms with Gasteiger partial charge in [0.1, 0.15) is 11.9 Å². The smallest absolute Gasteiger partial charge is 0.251 e. The highest BCUT2D eigenvalue weighted by atomic mass is 79.9. The van der Waals surface area contributed by atoms with Crippen molar-refractivity contribution in [3.8, 4) is 17.0 Å². The van der Waals surface area contributed by atoms with Crippen LogP contribution in [0.5, 0.6) is 5.88 Å². The molecule has 4 aromatic rings. The van der Waals surface area contributed by atoms with Crippen molar-refractivity contribution < 1.29 is 14.2 Å². The van der Waals surface area contributed by atoms with Crippen molar-refractivity contribution in [2.24, 2.45) is 4.99 Å². The van der Waals surface area contributed by atoms with Gasteiger partial charge in [0, 0.05) is 40.1 Å². The number of aromatic nitrogens is 2. The predicted molar refractivity (Wildman–Crippen MR) is 143 cm³/mol. The summed E-state index contributed by atoms with van der Waals surface area (Å²) in [7, 11) is 0. The molecule has 2 aliphatic rings. The summed E-state index contributed by atoms with van der Waals surface area (Å²) in [6.07, 6.45) is 5.89. The molecule has 6 rings (SSSR count). The molecule has 1 fully saturated rings. The standard InChI is InChI=1S/C29H23BrFN3O3/c30-22-9-21(10-23(31)13-22)26(16-35)34-8-7-18(12-28(34)36)17-1-2-19-14-33-29(25(19)11-17)20-3-6-27(32-15-20)37-24-4-5-24/h1-3,6-13,15,24,26,35H,4-5,14,16H2/t26-/m1/s1. The second kappa shape index (κ2) is 9.68. The Morgan fingerprint density at radius 3 is 2.57 bits per heavy atom. The van der Waals surface area contributed by atoms with Crippen LogP contribution >= 0.6 is 15.9 Å². The van der Waals surface area contributed by atoms with Crippen molar-refractivity contribution in [1.82, 2.24) is 9.55 Å². The van der Waals surface area contributed by atoms with E-state index >= 15 is 0 Å². The monoisotopic (exact) mass is 559 g/mol. The molecule has 2 aromatic carbocycles. The number of pyridine rings is 2. The van der Waals surface area contributed by atoms with Gasteiger partial charge in [-0.15, -0.1) is 0 Å². The minimum atomic E-state index is -0.702. The largest absolute Gasteiger partial charge is 0.474 e. The molecule has 37 heavy (non-hydrogen) atoms. The number of benzene rings is 2. The summed E-state index contributed by atoms with van der Waals surface area (Å²) >= 11 is 3.28. The van der Waals surface area contributed by atoms with Gasteiger partial charge < -0.3 is 14.4 Å². The van der Waals surface area contributed by atoms with Crippen LogP contribution in [0.1, 0.15) is 41.1 Å². The third kappa shape index (κ3) is 4.86. The Balaban J connectivity index is 1.29. The Bertz CT molecular complexity index is 1560. The molecule has 1 N–H and O–H groups in total. The zero-order valence-electron chi connectivity index (χ0n) is 19.8. The van der Waals surface area contributed by atoms with Crippen LogP contribution in [0.15, 0.2) is 87.3 Å². The van der Waals surface area contributed by atoms with E-state index < -0.39 is 11.9 Å². The second-order valence-corrected chi connectivity index (χ2v) is 10.2. The number of nitrogens with zero attached hydrogens (tertiary/aromatic N) is 3. The third-order valence-electron chi connectivity index (χ3n) is 6.65. The zero-order valence-corrected chi connectivity index (χ0v) is 21.4. The van der Waals surface area contributed by atoms with Crippen LogP contribution in [0, 0.1) is 5.82 Å². The summed E-state index contributed by atoms with van der Waals surface area (Å²) in [6, 6.07) is 16.9. The van der Waals surface area contributed by atoms with Crippen LogP contribution in [0.25, 0.3) is 11.1 Å². The van der Waals surface area contributed by atoms with Crippen molar-refractivity contribution in [3.05, 3.63) is 116 Å². The first-order valence-electron chi connectivity index (χ1n) is 12.1. The van der Waals surface area contributed by atoms with Crippen LogP contribution < -0.4 is 10.3 Å². The number of aliphatic hydroxyl groups is 1. The van der Waals surface area contributed by atoms with Crippen molar-refractivity contribution in [1.29, 1.82) is 0 Å². The van der Waals surface area contributed by atoms with Crippen LogP contribution in [0.3, 0.4) is 0 Å². The average molecular weight is 560 g/mol. The van der Waals surface area contributed by atoms with Crippen LogP contribution in [-0.4, -0.2) is 33.1 Å². The zero-order chi connectivity index (χ0) is 25.5. The number of hydrogen-bond donors (Lipinski definition) is 1. The Kier molecular flexibility index (Phi) is 6.22. The minimum absolute atomic E-state index is 0.290. The Labute approximate surface area is 221 Å². The highest BCUT2D eigenvalue weighted by Crippen LogP contribution is 2.30. The molecule has 8 heteroatoms. The molecule has 0 spiro atoms. The highest BCUT2D eigenvalue weighted by molar-refractivity contribution is 9.10. The molecule has 3 heterocycles. The van der Waals surface area contributed by atoms with E-state index in [9.17, 15) is 14.3 Å². The van der Waals surface area contributed by atoms with Gasteiger partial charge in [-0.3, -0.25) is 9.79 Å². The lowest BCUT2D eigenvalue weighted by Gasteiger charge is -2.19. The number of hydrogen-bond acceptors (Lipinski definition) is 5. The summed E-state index contributed by atoms with van der Waals surface area (Å²) in [4.78, 5) is 22.3. The normalized spacial score (nSPS) is 15.3. The van der Waals surface area contributed by atoms with Gasteiger partial charge in [0.2, 0.25) is 5.88 Å². The molecule has 1 atom stereocenters. The first-order valence-corrected chi connectivity index (χ1v) is 12.9. The summed E-state index contributed by atoms with van der Waals surface area (Å²) in [5.41, 5.74) is 5.76. The highest BCUT2D eigenvalue weighted by Gasteiger charge is 2.24. The van der Waals surface area contributed by atoms with Crippen LogP contribution in [0.2, 0.25) is 0 Å². The van der Waals surface area contributed by atoms with Gasteiger partial charge in [-0.25, -0.2) is 9.37 Å². The number of fused-ring (bicyclic) bond motifs is 1. The summed E-state index contributed by atoms with van der Waals surface area (Å²) in [5, 5.41) is 10.0. The van der Waals surface area contributed by atoms with E-state index in [2.05, 4.69) is 20.9 Å². The lowest BCUT2D eigenvalue weighted by Crippen LogP contribution is -2.27. The van der Waals surface area contributed by atoms with Gasteiger partial charge in [-0.05, 0) is 71.5 Å². The van der Waals surface area contributed by atoms with Crippen LogP contribution in [0.4, 0.5) is 4.39 Å². The molecule has 1 aliphatic carbocycles. The maximum atomic E-state index is 13.9. The molecule has 0 unspecified atom stereocenters. The summed E-state index contributed by atoms with van der Waals surface area (Å²) < 4.78 is 21.7. The summed E-state index contributed by atoms with van der Waals surface area (Å²) in [6.45, 7) is 0.251. The Morgan fingerprint density at radius 1 is 1.05 bits per heavy atom. The number of aliphatic imine (C=N–C) groups is 1. The van der Waals surface area contributed by atoms with E-state index in [0.29, 0.717) is 28.6 Å². The lowest BCUT2D eigenvalue weighted by molar-refractivity contribution is 0.246. The maximum absolute atomic E-state index is 13.9. The fourth-order valence-corrected chi connectivity index (χ4v) is 5.09. The molecular weight excluding hydrogens is 537 g/mol. The van der Waals surface area contributed by atoms with E-state index in [1.54, 1.807) is 18.5 Å². The molecule has 0 amide bonds. The Hall–Kier alpha value is -3.62. The molecular formula is C29H23BrFN3O3. The first-order chi connectivity index (χ1) is 18.0. The van der Waals surface area contributed by atoms with Gasteiger partial charge in [0.15, 0.2) is 0 Å². The fraction of sp³-hybridized carbons (Fsp3) is 0.207. The third-order valence-corrected chi connectivity index (χ3v) is 7.11. The topological polar surface area (TPSA) is 76.7 Å². The number of rotatable bonds is 7. The van der Waals surface area contributed by atoms with E-state index in [0.717, 1.165) is 46.4 Å². The SMILES string of the molecule is O=c1cc(-c2ccc3c(c2)C(c2ccc(OC4CC4)nc2)=NC3)ccn1[C@H](CO)c1cc(F)cc(Br)c1. The number of aliphatic hydroxyl groups excluding tert-OH is 1. The van der Waals surface area contributed by atoms with Gasteiger partial charge in [0.05, 0.1) is 24.9 Å². The van der Waals surface area contributed by atoms with Crippen LogP contribution in [-0.2, 0) is 6.54 Å². The molecule has 2 aromatic heterocycles. The molecule has 0 bridgehead atoms. The summed E-state index contributed by atoms with van der Waals surface area (Å²) in [5.74, 6) is 0.189. The molecule has 186 valence electrons. The van der Waals surface area contributed by atoms with E-state index in [4.69, 9.17) is 9.73 Å². The van der Waals surface area contributed by atoms with Crippen molar-refractivity contribution in [2.75, 3.05) is 6.61 Å². The second-order valence-electron chi connectivity index (χ2n) is 9.30. The molecule has 6 nitrogen and oxygen atoms in total. The van der Waals surface area contributed by atoms with Crippen molar-refractivity contribution >= 4 is 21.6 Å².